The molecule has 2 aromatic rings. The number of nitrogens with one attached hydrogen (secondary N) is 2. The lowest BCUT2D eigenvalue weighted by Crippen LogP contribution is -2.47. The van der Waals surface area contributed by atoms with Gasteiger partial charge >= 0.3 is 0 Å². The zero-order chi connectivity index (χ0) is 20.5. The van der Waals surface area contributed by atoms with Crippen molar-refractivity contribution in [2.45, 2.75) is 33.2 Å². The van der Waals surface area contributed by atoms with Gasteiger partial charge in [-0.25, -0.2) is 0 Å². The summed E-state index contributed by atoms with van der Waals surface area (Å²) in [5.74, 6) is 0.658. The number of rotatable bonds is 8. The van der Waals surface area contributed by atoms with E-state index in [0.29, 0.717) is 29.0 Å². The van der Waals surface area contributed by atoms with Crippen molar-refractivity contribution in [3.63, 3.8) is 0 Å². The van der Waals surface area contributed by atoms with Gasteiger partial charge in [0.15, 0.2) is 5.11 Å². The molecule has 0 bridgehead atoms. The second-order valence-corrected chi connectivity index (χ2v) is 7.08. The van der Waals surface area contributed by atoms with E-state index in [4.69, 9.17) is 28.6 Å². The summed E-state index contributed by atoms with van der Waals surface area (Å²) in [7, 11) is 0. The van der Waals surface area contributed by atoms with Gasteiger partial charge in [0.05, 0.1) is 6.61 Å². The lowest BCUT2D eigenvalue weighted by molar-refractivity contribution is -0.119. The highest BCUT2D eigenvalue weighted by atomic mass is 35.5. The summed E-state index contributed by atoms with van der Waals surface area (Å²) in [6, 6.07) is 14.2. The van der Waals surface area contributed by atoms with Gasteiger partial charge < -0.3 is 20.3 Å². The minimum Gasteiger partial charge on any atom is -0.494 e. The van der Waals surface area contributed by atoms with Crippen LogP contribution in [-0.4, -0.2) is 35.1 Å². The van der Waals surface area contributed by atoms with Crippen molar-refractivity contribution in [3.05, 3.63) is 53.6 Å². The van der Waals surface area contributed by atoms with Crippen molar-refractivity contribution in [1.82, 2.24) is 4.90 Å². The van der Waals surface area contributed by atoms with Crippen LogP contribution < -0.4 is 15.4 Å². The summed E-state index contributed by atoms with van der Waals surface area (Å²) >= 11 is 11.6. The Labute approximate surface area is 177 Å². The molecule has 0 radical (unpaired) electrons. The fourth-order valence-corrected chi connectivity index (χ4v) is 3.22. The number of hydrogen-bond donors (Lipinski definition) is 2. The molecule has 0 aliphatic heterocycles. The number of hydrogen-bond acceptors (Lipinski definition) is 3. The molecule has 1 atom stereocenters. The number of carbonyl (C=O) groups is 1. The number of nitrogens with zero attached hydrogens (tertiary/aromatic N) is 1. The van der Waals surface area contributed by atoms with E-state index in [0.717, 1.165) is 17.9 Å². The molecule has 0 heterocycles. The molecule has 0 fully saturated rings. The summed E-state index contributed by atoms with van der Waals surface area (Å²) in [6.07, 6.45) is 0.861. The van der Waals surface area contributed by atoms with Crippen LogP contribution in [0.3, 0.4) is 0 Å². The Balaban J connectivity index is 2.04. The third-order valence-corrected chi connectivity index (χ3v) is 4.65. The smallest absolute Gasteiger partial charge is 0.246 e. The van der Waals surface area contributed by atoms with Crippen LogP contribution in [0.15, 0.2) is 48.5 Å². The van der Waals surface area contributed by atoms with E-state index in [2.05, 4.69) is 10.6 Å². The number of anilines is 2. The lowest BCUT2D eigenvalue weighted by atomic mass is 10.2. The van der Waals surface area contributed by atoms with Crippen LogP contribution in [0.5, 0.6) is 5.75 Å². The maximum absolute atomic E-state index is 12.7. The molecule has 0 aliphatic rings. The first-order valence-electron chi connectivity index (χ1n) is 9.31. The van der Waals surface area contributed by atoms with Gasteiger partial charge in [-0.1, -0.05) is 24.6 Å². The second kappa shape index (κ2) is 10.9. The predicted octanol–water partition coefficient (Wildman–Crippen LogP) is 5.17. The molecule has 28 heavy (non-hydrogen) atoms. The van der Waals surface area contributed by atoms with Gasteiger partial charge in [0, 0.05) is 22.9 Å². The summed E-state index contributed by atoms with van der Waals surface area (Å²) in [5.41, 5.74) is 1.50. The zero-order valence-corrected chi connectivity index (χ0v) is 17.9. The molecule has 7 heteroatoms. The molecule has 0 saturated carbocycles. The van der Waals surface area contributed by atoms with Crippen molar-refractivity contribution >= 4 is 46.2 Å². The van der Waals surface area contributed by atoms with Crippen molar-refractivity contribution < 1.29 is 9.53 Å². The van der Waals surface area contributed by atoms with Gasteiger partial charge in [0.2, 0.25) is 5.91 Å². The maximum Gasteiger partial charge on any atom is 0.246 e. The van der Waals surface area contributed by atoms with Crippen LogP contribution in [-0.2, 0) is 4.79 Å². The van der Waals surface area contributed by atoms with E-state index >= 15 is 0 Å². The molecule has 0 aromatic heterocycles. The van der Waals surface area contributed by atoms with Gasteiger partial charge in [-0.15, -0.1) is 0 Å². The van der Waals surface area contributed by atoms with Crippen molar-refractivity contribution in [2.24, 2.45) is 0 Å². The molecule has 2 N–H and O–H groups in total. The van der Waals surface area contributed by atoms with Crippen LogP contribution in [0, 0.1) is 0 Å². The first-order valence-corrected chi connectivity index (χ1v) is 10.1. The van der Waals surface area contributed by atoms with E-state index < -0.39 is 6.04 Å². The van der Waals surface area contributed by atoms with E-state index in [-0.39, 0.29) is 5.91 Å². The van der Waals surface area contributed by atoms with Crippen molar-refractivity contribution in [1.29, 1.82) is 0 Å². The molecule has 0 unspecified atom stereocenters. The number of ether oxygens (including phenoxy) is 1. The van der Waals surface area contributed by atoms with E-state index in [1.807, 2.05) is 49.9 Å². The normalized spacial score (nSPS) is 11.4. The molecule has 0 spiro atoms. The van der Waals surface area contributed by atoms with Gasteiger partial charge in [-0.2, -0.15) is 0 Å². The van der Waals surface area contributed by atoms with Gasteiger partial charge in [0.1, 0.15) is 11.8 Å². The fourth-order valence-electron chi connectivity index (χ4n) is 2.66. The minimum absolute atomic E-state index is 0.147. The quantitative estimate of drug-likeness (QED) is 0.578. The number of amides is 1. The molecular weight excluding hydrogens is 394 g/mol. The maximum atomic E-state index is 12.7. The van der Waals surface area contributed by atoms with Crippen LogP contribution in [0.25, 0.3) is 0 Å². The Morgan fingerprint density at radius 3 is 2.46 bits per heavy atom. The average molecular weight is 420 g/mol. The van der Waals surface area contributed by atoms with Gasteiger partial charge in [0.25, 0.3) is 0 Å². The summed E-state index contributed by atoms with van der Waals surface area (Å²) < 4.78 is 5.45. The molecule has 2 aromatic carbocycles. The van der Waals surface area contributed by atoms with Crippen LogP contribution in [0.2, 0.25) is 5.02 Å². The zero-order valence-electron chi connectivity index (χ0n) is 16.4. The molecule has 2 rings (SSSR count). The number of benzene rings is 2. The van der Waals surface area contributed by atoms with E-state index in [9.17, 15) is 4.79 Å². The molecule has 5 nitrogen and oxygen atoms in total. The number of halogens is 1. The van der Waals surface area contributed by atoms with Crippen LogP contribution >= 0.6 is 23.8 Å². The average Bonchev–Trinajstić information content (AvgIpc) is 2.67. The Morgan fingerprint density at radius 2 is 1.86 bits per heavy atom. The largest absolute Gasteiger partial charge is 0.494 e. The van der Waals surface area contributed by atoms with E-state index in [1.165, 1.54) is 0 Å². The highest BCUT2D eigenvalue weighted by Gasteiger charge is 2.23. The van der Waals surface area contributed by atoms with Gasteiger partial charge in [-0.3, -0.25) is 4.79 Å². The SMILES string of the molecule is CCCN(C(=S)Nc1ccc(OCC)cc1)[C@H](C)C(=O)Nc1cccc(Cl)c1. The summed E-state index contributed by atoms with van der Waals surface area (Å²) in [4.78, 5) is 14.6. The minimum atomic E-state index is -0.443. The van der Waals surface area contributed by atoms with Crippen LogP contribution in [0.1, 0.15) is 27.2 Å². The molecule has 0 saturated heterocycles. The third-order valence-electron chi connectivity index (χ3n) is 4.08. The van der Waals surface area contributed by atoms with Gasteiger partial charge in [-0.05, 0) is 75.0 Å². The molecule has 1 amide bonds. The second-order valence-electron chi connectivity index (χ2n) is 6.26. The Morgan fingerprint density at radius 1 is 1.14 bits per heavy atom. The monoisotopic (exact) mass is 419 g/mol. The standard InChI is InChI=1S/C21H26ClN3O2S/c1-4-13-25(15(3)20(26)23-18-8-6-7-16(22)14-18)21(28)24-17-9-11-19(12-10-17)27-5-2/h6-12,14-15H,4-5,13H2,1-3H3,(H,23,26)(H,24,28)/t15-/m1/s1. The highest BCUT2D eigenvalue weighted by Crippen LogP contribution is 2.18. The topological polar surface area (TPSA) is 53.6 Å². The molecular formula is C21H26ClN3O2S. The first-order chi connectivity index (χ1) is 13.4. The van der Waals surface area contributed by atoms with Crippen molar-refractivity contribution in [2.75, 3.05) is 23.8 Å². The van der Waals surface area contributed by atoms with Crippen LogP contribution in [0.4, 0.5) is 11.4 Å². The summed E-state index contributed by atoms with van der Waals surface area (Å²) in [6.45, 7) is 7.11. The number of carbonyl (C=O) groups excluding carboxylic acids is 1. The van der Waals surface area contributed by atoms with E-state index in [1.54, 1.807) is 24.3 Å². The first kappa shape index (κ1) is 22.0. The fraction of sp³-hybridized carbons (Fsp3) is 0.333. The lowest BCUT2D eigenvalue weighted by Gasteiger charge is -2.30. The summed E-state index contributed by atoms with van der Waals surface area (Å²) in [5, 5.41) is 7.17. The number of thiocarbonyl (C=S) groups is 1. The Kier molecular flexibility index (Phi) is 8.54. The predicted molar refractivity (Wildman–Crippen MR) is 120 cm³/mol. The Hall–Kier alpha value is -2.31. The Bertz CT molecular complexity index is 798. The molecule has 0 aliphatic carbocycles. The highest BCUT2D eigenvalue weighted by molar-refractivity contribution is 7.80. The van der Waals surface area contributed by atoms with Crippen molar-refractivity contribution in [3.8, 4) is 5.75 Å². The molecule has 150 valence electrons. The third kappa shape index (κ3) is 6.39.